The first kappa shape index (κ1) is 29.6. The molecule has 5 rings (SSSR count). The van der Waals surface area contributed by atoms with Crippen molar-refractivity contribution < 1.29 is 14.3 Å². The lowest BCUT2D eigenvalue weighted by molar-refractivity contribution is 0.0746. The van der Waals surface area contributed by atoms with Crippen LogP contribution in [-0.4, -0.2) is 54.6 Å². The maximum absolute atomic E-state index is 13.0. The molecule has 2 N–H and O–H groups in total. The second kappa shape index (κ2) is 13.4. The van der Waals surface area contributed by atoms with Gasteiger partial charge in [0.2, 0.25) is 0 Å². The van der Waals surface area contributed by atoms with Crippen LogP contribution in [0.25, 0.3) is 10.8 Å². The highest BCUT2D eigenvalue weighted by atomic mass is 35.5. The number of benzene rings is 4. The Kier molecular flexibility index (Phi) is 9.47. The van der Waals surface area contributed by atoms with E-state index in [2.05, 4.69) is 22.5 Å². The van der Waals surface area contributed by atoms with Gasteiger partial charge in [0.15, 0.2) is 5.11 Å². The molecule has 0 aromatic heterocycles. The number of hydrogen-bond acceptors (Lipinski definition) is 5. The van der Waals surface area contributed by atoms with Crippen LogP contribution in [-0.2, 0) is 0 Å². The van der Waals surface area contributed by atoms with Crippen LogP contribution in [0.1, 0.15) is 34.1 Å². The summed E-state index contributed by atoms with van der Waals surface area (Å²) in [6.07, 6.45) is 0.933. The molecule has 4 aromatic carbocycles. The zero-order valence-corrected chi connectivity index (χ0v) is 25.4. The van der Waals surface area contributed by atoms with Gasteiger partial charge in [-0.3, -0.25) is 14.9 Å². The molecular weight excluding hydrogens is 591 g/mol. The first-order valence-electron chi connectivity index (χ1n) is 13.7. The highest BCUT2D eigenvalue weighted by Crippen LogP contribution is 2.30. The molecule has 1 aliphatic rings. The molecule has 0 saturated carbocycles. The molecule has 0 aliphatic carbocycles. The van der Waals surface area contributed by atoms with Crippen LogP contribution in [0.5, 0.6) is 5.75 Å². The number of thiocarbonyl (C=S) groups is 1. The first-order valence-corrected chi connectivity index (χ1v) is 14.9. The van der Waals surface area contributed by atoms with E-state index in [1.807, 2.05) is 59.5 Å². The second-order valence-corrected chi connectivity index (χ2v) is 11.1. The van der Waals surface area contributed by atoms with Gasteiger partial charge in [-0.25, -0.2) is 0 Å². The topological polar surface area (TPSA) is 73.9 Å². The number of anilines is 2. The van der Waals surface area contributed by atoms with Crippen molar-refractivity contribution >= 4 is 74.5 Å². The van der Waals surface area contributed by atoms with E-state index in [4.69, 9.17) is 40.2 Å². The maximum Gasteiger partial charge on any atom is 0.258 e. The number of piperazine rings is 1. The molecule has 1 heterocycles. The largest absolute Gasteiger partial charge is 0.494 e. The quantitative estimate of drug-likeness (QED) is 0.216. The number of amides is 2. The van der Waals surface area contributed by atoms with Crippen LogP contribution in [0.2, 0.25) is 10.0 Å². The fourth-order valence-corrected chi connectivity index (χ4v) is 5.64. The van der Waals surface area contributed by atoms with E-state index in [-0.39, 0.29) is 16.9 Å². The summed E-state index contributed by atoms with van der Waals surface area (Å²) in [4.78, 5) is 30.0. The van der Waals surface area contributed by atoms with Crippen molar-refractivity contribution in [1.82, 2.24) is 10.2 Å². The summed E-state index contributed by atoms with van der Waals surface area (Å²) in [6.45, 7) is 5.18. The molecule has 4 aromatic rings. The molecule has 10 heteroatoms. The van der Waals surface area contributed by atoms with Gasteiger partial charge >= 0.3 is 0 Å². The number of rotatable bonds is 7. The summed E-state index contributed by atoms with van der Waals surface area (Å²) in [5.74, 6) is 0.435. The van der Waals surface area contributed by atoms with Crippen LogP contribution in [0, 0.1) is 0 Å². The van der Waals surface area contributed by atoms with Crippen molar-refractivity contribution in [2.75, 3.05) is 43.0 Å². The first-order chi connectivity index (χ1) is 20.3. The van der Waals surface area contributed by atoms with E-state index >= 15 is 0 Å². The molecule has 0 radical (unpaired) electrons. The fraction of sp³-hybridized carbons (Fsp3) is 0.219. The van der Waals surface area contributed by atoms with Gasteiger partial charge in [0.05, 0.1) is 17.3 Å². The van der Waals surface area contributed by atoms with E-state index in [1.165, 1.54) is 0 Å². The summed E-state index contributed by atoms with van der Waals surface area (Å²) in [6, 6.07) is 23.7. The molecule has 0 unspecified atom stereocenters. The third-order valence-electron chi connectivity index (χ3n) is 7.03. The smallest absolute Gasteiger partial charge is 0.258 e. The van der Waals surface area contributed by atoms with E-state index in [1.54, 1.807) is 24.3 Å². The van der Waals surface area contributed by atoms with E-state index in [0.717, 1.165) is 28.6 Å². The molecule has 2 amide bonds. The summed E-state index contributed by atoms with van der Waals surface area (Å²) in [5, 5.41) is 8.58. The Hall–Kier alpha value is -3.85. The monoisotopic (exact) mass is 620 g/mol. The van der Waals surface area contributed by atoms with Gasteiger partial charge in [0, 0.05) is 53.4 Å². The molecule has 1 aliphatic heterocycles. The Morgan fingerprint density at radius 1 is 0.881 bits per heavy atom. The van der Waals surface area contributed by atoms with Gasteiger partial charge in [0.25, 0.3) is 11.8 Å². The van der Waals surface area contributed by atoms with E-state index in [0.29, 0.717) is 59.6 Å². The number of fused-ring (bicyclic) bond motifs is 1. The second-order valence-electron chi connectivity index (χ2n) is 9.87. The number of nitrogens with zero attached hydrogens (tertiary/aromatic N) is 2. The van der Waals surface area contributed by atoms with Crippen LogP contribution in [0.15, 0.2) is 78.9 Å². The lowest BCUT2D eigenvalue weighted by Crippen LogP contribution is -2.48. The minimum atomic E-state index is -0.337. The lowest BCUT2D eigenvalue weighted by Gasteiger charge is -2.36. The molecule has 42 heavy (non-hydrogen) atoms. The van der Waals surface area contributed by atoms with Gasteiger partial charge in [-0.15, -0.1) is 0 Å². The zero-order chi connectivity index (χ0) is 29.6. The van der Waals surface area contributed by atoms with Gasteiger partial charge in [-0.2, -0.15) is 0 Å². The van der Waals surface area contributed by atoms with Crippen LogP contribution in [0.3, 0.4) is 0 Å². The van der Waals surface area contributed by atoms with Crippen molar-refractivity contribution in [3.8, 4) is 5.75 Å². The Bertz CT molecular complexity index is 1620. The third-order valence-corrected chi connectivity index (χ3v) is 7.86. The molecule has 0 bridgehead atoms. The van der Waals surface area contributed by atoms with Crippen molar-refractivity contribution in [3.05, 3.63) is 100 Å². The predicted octanol–water partition coefficient (Wildman–Crippen LogP) is 7.02. The predicted molar refractivity (Wildman–Crippen MR) is 174 cm³/mol. The average Bonchev–Trinajstić information content (AvgIpc) is 3.00. The fourth-order valence-electron chi connectivity index (χ4n) is 4.89. The highest BCUT2D eigenvalue weighted by molar-refractivity contribution is 7.80. The molecule has 0 spiro atoms. The summed E-state index contributed by atoms with van der Waals surface area (Å²) >= 11 is 18.3. The average molecular weight is 622 g/mol. The summed E-state index contributed by atoms with van der Waals surface area (Å²) in [5.41, 5.74) is 2.64. The Balaban J connectivity index is 1.16. The van der Waals surface area contributed by atoms with Gasteiger partial charge in [-0.05, 0) is 78.6 Å². The molecule has 7 nitrogen and oxygen atoms in total. The Morgan fingerprint density at radius 3 is 2.31 bits per heavy atom. The molecule has 0 atom stereocenters. The lowest BCUT2D eigenvalue weighted by atomic mass is 10.0. The van der Waals surface area contributed by atoms with Gasteiger partial charge in [0.1, 0.15) is 5.75 Å². The minimum Gasteiger partial charge on any atom is -0.494 e. The van der Waals surface area contributed by atoms with Gasteiger partial charge in [-0.1, -0.05) is 54.4 Å². The van der Waals surface area contributed by atoms with Crippen LogP contribution >= 0.6 is 35.4 Å². The number of carbonyl (C=O) groups excluding carboxylic acids is 2. The summed E-state index contributed by atoms with van der Waals surface area (Å²) in [7, 11) is 0. The van der Waals surface area contributed by atoms with Crippen LogP contribution < -0.4 is 20.3 Å². The minimum absolute atomic E-state index is 0.00416. The van der Waals surface area contributed by atoms with Gasteiger partial charge < -0.3 is 19.9 Å². The molecule has 1 fully saturated rings. The molecule has 1 saturated heterocycles. The van der Waals surface area contributed by atoms with Crippen molar-refractivity contribution in [2.45, 2.75) is 13.3 Å². The van der Waals surface area contributed by atoms with Crippen LogP contribution in [0.4, 0.5) is 11.4 Å². The SMILES string of the molecule is CCCOc1ccc(C(=O)N2CCN(c3ccc(NC(=S)NC(=O)c4cccc5c(Cl)cccc45)cc3Cl)CC2)cc1. The normalized spacial score (nSPS) is 13.1. The maximum atomic E-state index is 13.0. The van der Waals surface area contributed by atoms with E-state index in [9.17, 15) is 9.59 Å². The van der Waals surface area contributed by atoms with E-state index < -0.39 is 0 Å². The molecular formula is C32H30Cl2N4O3S. The number of carbonyl (C=O) groups is 2. The highest BCUT2D eigenvalue weighted by Gasteiger charge is 2.24. The zero-order valence-electron chi connectivity index (χ0n) is 23.0. The van der Waals surface area contributed by atoms with Crippen molar-refractivity contribution in [2.24, 2.45) is 0 Å². The Morgan fingerprint density at radius 2 is 1.60 bits per heavy atom. The van der Waals surface area contributed by atoms with Crippen molar-refractivity contribution in [3.63, 3.8) is 0 Å². The third kappa shape index (κ3) is 6.78. The number of nitrogens with one attached hydrogen (secondary N) is 2. The van der Waals surface area contributed by atoms with Crippen molar-refractivity contribution in [1.29, 1.82) is 0 Å². The number of ether oxygens (including phenoxy) is 1. The molecule has 216 valence electrons. The Labute approximate surface area is 260 Å². The standard InChI is InChI=1S/C32H30Cl2N4O3S/c1-2-19-41-23-12-9-21(10-13-23)31(40)38-17-15-37(16-18-38)29-14-11-22(20-28(29)34)35-32(42)36-30(39)26-7-3-6-25-24(26)5-4-8-27(25)33/h3-14,20H,2,15-19H2,1H3,(H2,35,36,39,42). The number of hydrogen-bond donors (Lipinski definition) is 2. The summed E-state index contributed by atoms with van der Waals surface area (Å²) < 4.78 is 5.61. The number of halogens is 2.